The molecule has 1 aliphatic rings. The largest absolute Gasteiger partial charge is 0.437 e. The van der Waals surface area contributed by atoms with Crippen LogP contribution < -0.4 is 10.7 Å². The normalized spacial score (nSPS) is 18.9. The van der Waals surface area contributed by atoms with E-state index in [2.05, 4.69) is 10.2 Å². The molecule has 8 nitrogen and oxygen atoms in total. The second-order valence-electron chi connectivity index (χ2n) is 5.48. The van der Waals surface area contributed by atoms with E-state index in [1.807, 2.05) is 6.92 Å². The first-order valence-electron chi connectivity index (χ1n) is 7.48. The van der Waals surface area contributed by atoms with Gasteiger partial charge in [-0.1, -0.05) is 6.92 Å². The Hall–Kier alpha value is -2.38. The highest BCUT2D eigenvalue weighted by Gasteiger charge is 2.34. The van der Waals surface area contributed by atoms with Crippen LogP contribution >= 0.6 is 0 Å². The van der Waals surface area contributed by atoms with Crippen molar-refractivity contribution >= 4 is 11.6 Å². The van der Waals surface area contributed by atoms with Crippen LogP contribution in [0.5, 0.6) is 0 Å². The molecule has 1 atom stereocenters. The number of carbonyl (C=O) groups excluding carboxylic acids is 1. The number of aromatic nitrogens is 4. The third kappa shape index (κ3) is 2.56. The van der Waals surface area contributed by atoms with Gasteiger partial charge in [0.2, 0.25) is 5.89 Å². The molecule has 0 aromatic carbocycles. The summed E-state index contributed by atoms with van der Waals surface area (Å²) in [5.74, 6) is -0.314. The molecule has 0 spiro atoms. The Morgan fingerprint density at radius 3 is 2.91 bits per heavy atom. The minimum atomic E-state index is -0.601. The highest BCUT2D eigenvalue weighted by atomic mass is 16.4. The lowest BCUT2D eigenvalue weighted by atomic mass is 10.0. The van der Waals surface area contributed by atoms with Crippen molar-refractivity contribution < 1.29 is 9.21 Å². The number of amides is 1. The molecule has 3 rings (SSSR count). The molecule has 0 radical (unpaired) electrons. The number of carbonyl (C=O) groups is 1. The SMILES string of the molecule is CCCc1nn([C@@H]2CCCN(c3cnn(C)c3)C2=O)c(=O)o1. The maximum absolute atomic E-state index is 12.7. The number of anilines is 1. The first kappa shape index (κ1) is 14.6. The predicted octanol–water partition coefficient (Wildman–Crippen LogP) is 0.890. The van der Waals surface area contributed by atoms with Crippen molar-refractivity contribution in [2.24, 2.45) is 7.05 Å². The zero-order valence-electron chi connectivity index (χ0n) is 12.7. The Bertz CT molecular complexity index is 729. The highest BCUT2D eigenvalue weighted by Crippen LogP contribution is 2.26. The lowest BCUT2D eigenvalue weighted by Gasteiger charge is -2.30. The fourth-order valence-corrected chi connectivity index (χ4v) is 2.73. The average Bonchev–Trinajstić information content (AvgIpc) is 3.06. The number of rotatable bonds is 4. The molecule has 22 heavy (non-hydrogen) atoms. The van der Waals surface area contributed by atoms with Gasteiger partial charge in [0, 0.05) is 26.2 Å². The van der Waals surface area contributed by atoms with Crippen LogP contribution in [-0.4, -0.2) is 32.0 Å². The molecule has 1 saturated heterocycles. The molecule has 0 bridgehead atoms. The summed E-state index contributed by atoms with van der Waals surface area (Å²) in [6, 6.07) is -0.601. The Balaban J connectivity index is 1.88. The van der Waals surface area contributed by atoms with E-state index in [1.54, 1.807) is 29.0 Å². The van der Waals surface area contributed by atoms with Gasteiger partial charge in [-0.15, -0.1) is 5.10 Å². The van der Waals surface area contributed by atoms with Crippen LogP contribution in [0.1, 0.15) is 38.1 Å². The number of nitrogens with zero attached hydrogens (tertiary/aromatic N) is 5. The lowest BCUT2D eigenvalue weighted by molar-refractivity contribution is -0.123. The molecule has 8 heteroatoms. The molecule has 1 aliphatic heterocycles. The first-order chi connectivity index (χ1) is 10.6. The van der Waals surface area contributed by atoms with Gasteiger partial charge in [-0.05, 0) is 19.3 Å². The molecule has 0 N–H and O–H groups in total. The zero-order valence-corrected chi connectivity index (χ0v) is 12.7. The van der Waals surface area contributed by atoms with Crippen LogP contribution in [0.3, 0.4) is 0 Å². The van der Waals surface area contributed by atoms with Crippen molar-refractivity contribution in [2.75, 3.05) is 11.4 Å². The van der Waals surface area contributed by atoms with E-state index in [0.717, 1.165) is 18.5 Å². The first-order valence-corrected chi connectivity index (χ1v) is 7.48. The number of piperidine rings is 1. The highest BCUT2D eigenvalue weighted by molar-refractivity contribution is 5.96. The van der Waals surface area contributed by atoms with Crippen molar-refractivity contribution in [1.29, 1.82) is 0 Å². The van der Waals surface area contributed by atoms with Gasteiger partial charge in [-0.2, -0.15) is 9.78 Å². The molecule has 0 unspecified atom stereocenters. The fourth-order valence-electron chi connectivity index (χ4n) is 2.73. The Kier molecular flexibility index (Phi) is 3.82. The lowest BCUT2D eigenvalue weighted by Crippen LogP contribution is -2.44. The van der Waals surface area contributed by atoms with Crippen molar-refractivity contribution in [2.45, 2.75) is 38.6 Å². The second-order valence-corrected chi connectivity index (χ2v) is 5.48. The molecule has 3 heterocycles. The van der Waals surface area contributed by atoms with Crippen LogP contribution in [0, 0.1) is 0 Å². The standard InChI is InChI=1S/C14H19N5O3/c1-3-5-12-16-19(14(21)22-12)11-6-4-7-18(13(11)20)10-8-15-17(2)9-10/h8-9,11H,3-7H2,1-2H3/t11-/m1/s1. The molecule has 1 fully saturated rings. The molecule has 118 valence electrons. The summed E-state index contributed by atoms with van der Waals surface area (Å²) in [6.45, 7) is 2.60. The van der Waals surface area contributed by atoms with Crippen LogP contribution in [-0.2, 0) is 18.3 Å². The van der Waals surface area contributed by atoms with Gasteiger partial charge in [0.05, 0.1) is 11.9 Å². The second kappa shape index (κ2) is 5.78. The quantitative estimate of drug-likeness (QED) is 0.837. The number of hydrogen-bond donors (Lipinski definition) is 0. The van der Waals surface area contributed by atoms with Crippen molar-refractivity contribution in [3.63, 3.8) is 0 Å². The molecular weight excluding hydrogens is 286 g/mol. The van der Waals surface area contributed by atoms with Gasteiger partial charge >= 0.3 is 5.76 Å². The Morgan fingerprint density at radius 1 is 1.41 bits per heavy atom. The van der Waals surface area contributed by atoms with E-state index in [0.29, 0.717) is 25.3 Å². The number of hydrogen-bond acceptors (Lipinski definition) is 5. The van der Waals surface area contributed by atoms with Crippen molar-refractivity contribution in [3.8, 4) is 0 Å². The topological polar surface area (TPSA) is 86.2 Å². The summed E-state index contributed by atoms with van der Waals surface area (Å²) in [5, 5.41) is 8.27. The Labute approximate surface area is 127 Å². The van der Waals surface area contributed by atoms with Crippen LogP contribution in [0.15, 0.2) is 21.6 Å². The molecular formula is C14H19N5O3. The van der Waals surface area contributed by atoms with Crippen LogP contribution in [0.25, 0.3) is 0 Å². The summed E-state index contributed by atoms with van der Waals surface area (Å²) in [7, 11) is 1.80. The maximum atomic E-state index is 12.7. The summed E-state index contributed by atoms with van der Waals surface area (Å²) < 4.78 is 7.95. The Morgan fingerprint density at radius 2 is 2.23 bits per heavy atom. The minimum absolute atomic E-state index is 0.141. The van der Waals surface area contributed by atoms with E-state index in [-0.39, 0.29) is 5.91 Å². The van der Waals surface area contributed by atoms with Gasteiger partial charge in [0.25, 0.3) is 5.91 Å². The monoisotopic (exact) mass is 305 g/mol. The average molecular weight is 305 g/mol. The van der Waals surface area contributed by atoms with Crippen LogP contribution in [0.4, 0.5) is 5.69 Å². The molecule has 1 amide bonds. The van der Waals surface area contributed by atoms with Crippen molar-refractivity contribution in [1.82, 2.24) is 19.6 Å². The summed E-state index contributed by atoms with van der Waals surface area (Å²) >= 11 is 0. The van der Waals surface area contributed by atoms with E-state index >= 15 is 0 Å². The zero-order chi connectivity index (χ0) is 15.7. The molecule has 0 aliphatic carbocycles. The van der Waals surface area contributed by atoms with Gasteiger partial charge in [-0.25, -0.2) is 4.79 Å². The molecule has 2 aromatic heterocycles. The van der Waals surface area contributed by atoms with E-state index in [1.165, 1.54) is 4.68 Å². The third-order valence-corrected chi connectivity index (χ3v) is 3.78. The predicted molar refractivity (Wildman–Crippen MR) is 78.6 cm³/mol. The summed E-state index contributed by atoms with van der Waals surface area (Å²) in [6.07, 6.45) is 6.25. The van der Waals surface area contributed by atoms with Gasteiger partial charge in [0.1, 0.15) is 6.04 Å². The van der Waals surface area contributed by atoms with Gasteiger partial charge in [0.15, 0.2) is 0 Å². The molecule has 0 saturated carbocycles. The smallest absolute Gasteiger partial charge is 0.392 e. The fraction of sp³-hybridized carbons (Fsp3) is 0.571. The molecule has 2 aromatic rings. The van der Waals surface area contributed by atoms with Crippen LogP contribution in [0.2, 0.25) is 0 Å². The van der Waals surface area contributed by atoms with Crippen molar-refractivity contribution in [3.05, 3.63) is 28.8 Å². The summed E-state index contributed by atoms with van der Waals surface area (Å²) in [5.41, 5.74) is 0.738. The van der Waals surface area contributed by atoms with E-state index in [9.17, 15) is 9.59 Å². The van der Waals surface area contributed by atoms with E-state index < -0.39 is 11.8 Å². The number of aryl methyl sites for hydroxylation is 2. The van der Waals surface area contributed by atoms with Gasteiger partial charge in [-0.3, -0.25) is 9.48 Å². The van der Waals surface area contributed by atoms with E-state index in [4.69, 9.17) is 4.42 Å². The third-order valence-electron chi connectivity index (χ3n) is 3.78. The van der Waals surface area contributed by atoms with Gasteiger partial charge < -0.3 is 9.32 Å². The summed E-state index contributed by atoms with van der Waals surface area (Å²) in [4.78, 5) is 26.3. The maximum Gasteiger partial charge on any atom is 0.437 e. The minimum Gasteiger partial charge on any atom is -0.392 e.